The number of carbonyl (C=O) groups excluding carboxylic acids is 1. The van der Waals surface area contributed by atoms with E-state index in [-0.39, 0.29) is 30.7 Å². The van der Waals surface area contributed by atoms with Crippen molar-refractivity contribution < 1.29 is 13.6 Å². The van der Waals surface area contributed by atoms with Crippen LogP contribution in [0.3, 0.4) is 0 Å². The molecule has 1 amide bonds. The van der Waals surface area contributed by atoms with Crippen LogP contribution < -0.4 is 10.6 Å². The molecule has 18 heavy (non-hydrogen) atoms. The van der Waals surface area contributed by atoms with Gasteiger partial charge in [0.25, 0.3) is 0 Å². The number of amides is 1. The Morgan fingerprint density at radius 1 is 1.28 bits per heavy atom. The number of carbonyl (C=O) groups is 1. The Balaban J connectivity index is 1.81. The Labute approximate surface area is 107 Å². The molecular formula is C13H22F2N2O. The van der Waals surface area contributed by atoms with Crippen molar-refractivity contribution in [3.05, 3.63) is 0 Å². The summed E-state index contributed by atoms with van der Waals surface area (Å²) in [5, 5.41) is 6.32. The Bertz CT molecular complexity index is 299. The Morgan fingerprint density at radius 2 is 1.94 bits per heavy atom. The molecule has 0 radical (unpaired) electrons. The topological polar surface area (TPSA) is 41.1 Å². The number of piperidine rings is 1. The van der Waals surface area contributed by atoms with E-state index in [1.54, 1.807) is 0 Å². The zero-order valence-electron chi connectivity index (χ0n) is 10.8. The van der Waals surface area contributed by atoms with Gasteiger partial charge in [0.1, 0.15) is 0 Å². The van der Waals surface area contributed by atoms with Crippen molar-refractivity contribution in [1.82, 2.24) is 10.6 Å². The summed E-state index contributed by atoms with van der Waals surface area (Å²) < 4.78 is 26.0. The normalized spacial score (nSPS) is 33.1. The summed E-state index contributed by atoms with van der Waals surface area (Å²) in [4.78, 5) is 12.0. The highest BCUT2D eigenvalue weighted by molar-refractivity contribution is 5.79. The third-order valence-corrected chi connectivity index (χ3v) is 4.20. The molecule has 1 heterocycles. The highest BCUT2D eigenvalue weighted by Gasteiger charge is 2.38. The third kappa shape index (κ3) is 3.40. The summed E-state index contributed by atoms with van der Waals surface area (Å²) in [6.07, 6.45) is 1.27. The first-order valence-corrected chi connectivity index (χ1v) is 6.87. The van der Waals surface area contributed by atoms with Crippen molar-refractivity contribution in [2.75, 3.05) is 13.1 Å². The fourth-order valence-electron chi connectivity index (χ4n) is 2.83. The lowest BCUT2D eigenvalue weighted by atomic mass is 9.85. The fourth-order valence-corrected chi connectivity index (χ4v) is 2.83. The quantitative estimate of drug-likeness (QED) is 0.796. The molecule has 3 nitrogen and oxygen atoms in total. The molecule has 1 saturated carbocycles. The number of rotatable bonds is 2. The molecule has 2 atom stereocenters. The molecule has 1 aliphatic carbocycles. The van der Waals surface area contributed by atoms with Crippen LogP contribution >= 0.6 is 0 Å². The lowest BCUT2D eigenvalue weighted by Gasteiger charge is -2.33. The highest BCUT2D eigenvalue weighted by Crippen LogP contribution is 2.36. The minimum atomic E-state index is -2.56. The highest BCUT2D eigenvalue weighted by atomic mass is 19.3. The van der Waals surface area contributed by atoms with Crippen LogP contribution in [0, 0.1) is 11.8 Å². The summed E-state index contributed by atoms with van der Waals surface area (Å²) in [6, 6.07) is 0.196. The van der Waals surface area contributed by atoms with Gasteiger partial charge in [-0.05, 0) is 38.3 Å². The van der Waals surface area contributed by atoms with Crippen molar-refractivity contribution in [1.29, 1.82) is 0 Å². The Hall–Kier alpha value is -0.710. The van der Waals surface area contributed by atoms with Gasteiger partial charge in [0, 0.05) is 24.8 Å². The molecule has 2 fully saturated rings. The van der Waals surface area contributed by atoms with Crippen LogP contribution in [0.4, 0.5) is 8.78 Å². The van der Waals surface area contributed by atoms with Gasteiger partial charge < -0.3 is 10.6 Å². The van der Waals surface area contributed by atoms with Crippen molar-refractivity contribution in [3.63, 3.8) is 0 Å². The van der Waals surface area contributed by atoms with E-state index >= 15 is 0 Å². The molecule has 0 aromatic carbocycles. The van der Waals surface area contributed by atoms with Gasteiger partial charge in [-0.15, -0.1) is 0 Å². The summed E-state index contributed by atoms with van der Waals surface area (Å²) >= 11 is 0. The standard InChI is InChI=1S/C13H22F2N2O/c1-9-8-16-7-4-11(9)17-12(18)10-2-5-13(14,15)6-3-10/h9-11,16H,2-8H2,1H3,(H,17,18). The number of hydrogen-bond acceptors (Lipinski definition) is 2. The second kappa shape index (κ2) is 5.51. The molecule has 0 aromatic heterocycles. The Kier molecular flexibility index (Phi) is 4.20. The lowest BCUT2D eigenvalue weighted by molar-refractivity contribution is -0.130. The Morgan fingerprint density at radius 3 is 2.56 bits per heavy atom. The van der Waals surface area contributed by atoms with Crippen LogP contribution in [0.5, 0.6) is 0 Å². The fraction of sp³-hybridized carbons (Fsp3) is 0.923. The SMILES string of the molecule is CC1CNCCC1NC(=O)C1CCC(F)(F)CC1. The van der Waals surface area contributed by atoms with Gasteiger partial charge in [-0.25, -0.2) is 8.78 Å². The maximum atomic E-state index is 13.0. The van der Waals surface area contributed by atoms with E-state index in [0.29, 0.717) is 18.8 Å². The molecular weight excluding hydrogens is 238 g/mol. The van der Waals surface area contributed by atoms with E-state index in [1.807, 2.05) is 0 Å². The van der Waals surface area contributed by atoms with Crippen molar-refractivity contribution in [2.24, 2.45) is 11.8 Å². The average Bonchev–Trinajstić information content (AvgIpc) is 2.32. The summed E-state index contributed by atoms with van der Waals surface area (Å²) in [6.45, 7) is 3.93. The second-order valence-corrected chi connectivity index (χ2v) is 5.72. The van der Waals surface area contributed by atoms with Crippen molar-refractivity contribution in [2.45, 2.75) is 51.0 Å². The van der Waals surface area contributed by atoms with Gasteiger partial charge in [0.2, 0.25) is 11.8 Å². The third-order valence-electron chi connectivity index (χ3n) is 4.20. The molecule has 0 aromatic rings. The zero-order valence-corrected chi connectivity index (χ0v) is 10.8. The summed E-state index contributed by atoms with van der Waals surface area (Å²) in [5.41, 5.74) is 0. The van der Waals surface area contributed by atoms with E-state index in [0.717, 1.165) is 19.5 Å². The van der Waals surface area contributed by atoms with E-state index in [4.69, 9.17) is 0 Å². The van der Waals surface area contributed by atoms with Gasteiger partial charge in [0.15, 0.2) is 0 Å². The number of alkyl halides is 2. The first kappa shape index (κ1) is 13.7. The van der Waals surface area contributed by atoms with Crippen molar-refractivity contribution in [3.8, 4) is 0 Å². The predicted molar refractivity (Wildman–Crippen MR) is 65.5 cm³/mol. The number of halogens is 2. The molecule has 0 spiro atoms. The first-order valence-electron chi connectivity index (χ1n) is 6.87. The maximum absolute atomic E-state index is 13.0. The van der Waals surface area contributed by atoms with E-state index < -0.39 is 5.92 Å². The van der Waals surface area contributed by atoms with E-state index in [9.17, 15) is 13.6 Å². The molecule has 2 N–H and O–H groups in total. The molecule has 2 rings (SSSR count). The maximum Gasteiger partial charge on any atom is 0.248 e. The second-order valence-electron chi connectivity index (χ2n) is 5.72. The van der Waals surface area contributed by atoms with Crippen LogP contribution in [0.25, 0.3) is 0 Å². The van der Waals surface area contributed by atoms with Gasteiger partial charge in [-0.2, -0.15) is 0 Å². The first-order chi connectivity index (χ1) is 8.48. The zero-order chi connectivity index (χ0) is 13.2. The van der Waals surface area contributed by atoms with Crippen LogP contribution in [-0.4, -0.2) is 31.0 Å². The molecule has 0 bridgehead atoms. The number of hydrogen-bond donors (Lipinski definition) is 2. The molecule has 5 heteroatoms. The minimum Gasteiger partial charge on any atom is -0.353 e. The van der Waals surface area contributed by atoms with Gasteiger partial charge in [-0.1, -0.05) is 6.92 Å². The average molecular weight is 260 g/mol. The smallest absolute Gasteiger partial charge is 0.248 e. The lowest BCUT2D eigenvalue weighted by Crippen LogP contribution is -2.50. The molecule has 1 saturated heterocycles. The summed E-state index contributed by atoms with van der Waals surface area (Å²) in [7, 11) is 0. The van der Waals surface area contributed by atoms with Crippen LogP contribution in [-0.2, 0) is 4.79 Å². The van der Waals surface area contributed by atoms with E-state index in [2.05, 4.69) is 17.6 Å². The molecule has 1 aliphatic heterocycles. The van der Waals surface area contributed by atoms with Gasteiger partial charge >= 0.3 is 0 Å². The minimum absolute atomic E-state index is 0.0238. The molecule has 2 aliphatic rings. The van der Waals surface area contributed by atoms with Gasteiger partial charge in [-0.3, -0.25) is 4.79 Å². The summed E-state index contributed by atoms with van der Waals surface area (Å²) in [5.74, 6) is -2.39. The molecule has 104 valence electrons. The van der Waals surface area contributed by atoms with Crippen molar-refractivity contribution >= 4 is 5.91 Å². The largest absolute Gasteiger partial charge is 0.353 e. The van der Waals surface area contributed by atoms with Crippen LogP contribution in [0.2, 0.25) is 0 Å². The van der Waals surface area contributed by atoms with Crippen LogP contribution in [0.15, 0.2) is 0 Å². The van der Waals surface area contributed by atoms with Crippen LogP contribution in [0.1, 0.15) is 39.0 Å². The van der Waals surface area contributed by atoms with Gasteiger partial charge in [0.05, 0.1) is 0 Å². The monoisotopic (exact) mass is 260 g/mol. The number of nitrogens with one attached hydrogen (secondary N) is 2. The molecule has 2 unspecified atom stereocenters. The van der Waals surface area contributed by atoms with E-state index in [1.165, 1.54) is 0 Å². The predicted octanol–water partition coefficient (Wildman–Crippen LogP) is 1.93.